The molecule has 0 spiro atoms. The van der Waals surface area contributed by atoms with E-state index in [-0.39, 0.29) is 0 Å². The van der Waals surface area contributed by atoms with Crippen LogP contribution in [0.1, 0.15) is 0 Å². The lowest BCUT2D eigenvalue weighted by molar-refractivity contribution is 1.14. The minimum absolute atomic E-state index is 0.899. The highest BCUT2D eigenvalue weighted by molar-refractivity contribution is 7.99. The molecule has 5 aromatic carbocycles. The molecule has 5 heteroatoms. The second kappa shape index (κ2) is 7.95. The summed E-state index contributed by atoms with van der Waals surface area (Å²) in [5, 5.41) is 1.05. The zero-order valence-corrected chi connectivity index (χ0v) is 20.6. The standard InChI is InChI=1S/C32H20N4S/c1-2-10-22(11-3-1)35-27-16-8-9-17-29(27)37-30-20-21(18-19-28(30)35)31-33-24-13-5-4-12-23(24)32-34-25-14-6-7-15-26(25)36(31)32/h1-20H. The van der Waals surface area contributed by atoms with E-state index in [1.807, 2.05) is 30.0 Å². The highest BCUT2D eigenvalue weighted by Gasteiger charge is 2.25. The molecular formula is C32H20N4S. The van der Waals surface area contributed by atoms with Crippen LogP contribution >= 0.6 is 11.8 Å². The Morgan fingerprint density at radius 2 is 1.30 bits per heavy atom. The molecule has 1 aliphatic heterocycles. The average molecular weight is 493 g/mol. The summed E-state index contributed by atoms with van der Waals surface area (Å²) in [6.45, 7) is 0. The molecule has 0 radical (unpaired) electrons. The van der Waals surface area contributed by atoms with Crippen LogP contribution in [0.4, 0.5) is 17.1 Å². The quantitative estimate of drug-likeness (QED) is 0.242. The predicted octanol–water partition coefficient (Wildman–Crippen LogP) is 8.64. The molecule has 37 heavy (non-hydrogen) atoms. The first-order valence-corrected chi connectivity index (χ1v) is 13.1. The molecule has 2 aromatic heterocycles. The van der Waals surface area contributed by atoms with Gasteiger partial charge in [0.1, 0.15) is 11.5 Å². The first-order valence-electron chi connectivity index (χ1n) is 12.3. The van der Waals surface area contributed by atoms with E-state index in [2.05, 4.69) is 112 Å². The maximum absolute atomic E-state index is 5.17. The summed E-state index contributed by atoms with van der Waals surface area (Å²) >= 11 is 1.81. The Kier molecular flexibility index (Phi) is 4.42. The molecule has 174 valence electrons. The number of hydrogen-bond donors (Lipinski definition) is 0. The third-order valence-corrected chi connectivity index (χ3v) is 8.06. The fourth-order valence-corrected chi connectivity index (χ4v) is 6.39. The summed E-state index contributed by atoms with van der Waals surface area (Å²) in [5.41, 5.74) is 8.50. The van der Waals surface area contributed by atoms with Gasteiger partial charge < -0.3 is 4.90 Å². The zero-order valence-electron chi connectivity index (χ0n) is 19.7. The normalized spacial score (nSPS) is 12.7. The molecular weight excluding hydrogens is 472 g/mol. The van der Waals surface area contributed by atoms with Crippen molar-refractivity contribution in [3.05, 3.63) is 121 Å². The monoisotopic (exact) mass is 492 g/mol. The van der Waals surface area contributed by atoms with Crippen molar-refractivity contribution >= 4 is 56.4 Å². The van der Waals surface area contributed by atoms with Crippen LogP contribution in [0.3, 0.4) is 0 Å². The van der Waals surface area contributed by atoms with Gasteiger partial charge in [-0.05, 0) is 66.7 Å². The van der Waals surface area contributed by atoms with E-state index in [4.69, 9.17) is 9.97 Å². The van der Waals surface area contributed by atoms with Gasteiger partial charge in [0.05, 0.1) is 27.9 Å². The molecule has 1 aliphatic rings. The van der Waals surface area contributed by atoms with Gasteiger partial charge in [-0.3, -0.25) is 4.40 Å². The molecule has 7 aromatic rings. The molecule has 0 amide bonds. The van der Waals surface area contributed by atoms with E-state index < -0.39 is 0 Å². The summed E-state index contributed by atoms with van der Waals surface area (Å²) in [5.74, 6) is 0.899. The zero-order chi connectivity index (χ0) is 24.3. The Morgan fingerprint density at radius 3 is 2.22 bits per heavy atom. The van der Waals surface area contributed by atoms with Gasteiger partial charge in [-0.1, -0.05) is 66.4 Å². The first-order chi connectivity index (χ1) is 18.3. The van der Waals surface area contributed by atoms with E-state index in [1.54, 1.807) is 0 Å². The molecule has 0 bridgehead atoms. The van der Waals surface area contributed by atoms with Crippen LogP contribution < -0.4 is 4.90 Å². The predicted molar refractivity (Wildman–Crippen MR) is 152 cm³/mol. The lowest BCUT2D eigenvalue weighted by atomic mass is 10.1. The molecule has 0 fully saturated rings. The lowest BCUT2D eigenvalue weighted by Gasteiger charge is -2.33. The van der Waals surface area contributed by atoms with Gasteiger partial charge in [0.15, 0.2) is 0 Å². The number of benzene rings is 5. The molecule has 0 saturated heterocycles. The summed E-state index contributed by atoms with van der Waals surface area (Å²) in [4.78, 5) is 15.0. The summed E-state index contributed by atoms with van der Waals surface area (Å²) in [6, 6.07) is 42.4. The highest BCUT2D eigenvalue weighted by atomic mass is 32.2. The van der Waals surface area contributed by atoms with E-state index >= 15 is 0 Å². The van der Waals surface area contributed by atoms with Crippen LogP contribution in [0.5, 0.6) is 0 Å². The van der Waals surface area contributed by atoms with Crippen molar-refractivity contribution in [1.29, 1.82) is 0 Å². The van der Waals surface area contributed by atoms with Gasteiger partial charge in [-0.25, -0.2) is 9.97 Å². The Hall–Kier alpha value is -4.61. The largest absolute Gasteiger partial charge is 0.308 e. The molecule has 0 aliphatic carbocycles. The molecule has 8 rings (SSSR count). The van der Waals surface area contributed by atoms with Gasteiger partial charge in [-0.15, -0.1) is 0 Å². The third kappa shape index (κ3) is 3.11. The Morgan fingerprint density at radius 1 is 0.568 bits per heavy atom. The Balaban J connectivity index is 1.39. The van der Waals surface area contributed by atoms with E-state index in [0.717, 1.165) is 44.7 Å². The summed E-state index contributed by atoms with van der Waals surface area (Å²) in [6.07, 6.45) is 0. The van der Waals surface area contributed by atoms with Crippen LogP contribution in [-0.4, -0.2) is 14.4 Å². The van der Waals surface area contributed by atoms with Crippen molar-refractivity contribution in [2.45, 2.75) is 9.79 Å². The van der Waals surface area contributed by atoms with Crippen molar-refractivity contribution < 1.29 is 0 Å². The molecule has 0 unspecified atom stereocenters. The number of rotatable bonds is 2. The number of nitrogens with zero attached hydrogens (tertiary/aromatic N) is 4. The van der Waals surface area contributed by atoms with E-state index in [9.17, 15) is 0 Å². The van der Waals surface area contributed by atoms with Gasteiger partial charge in [-0.2, -0.15) is 0 Å². The molecule has 0 atom stereocenters. The minimum atomic E-state index is 0.899. The summed E-state index contributed by atoms with van der Waals surface area (Å²) < 4.78 is 2.20. The topological polar surface area (TPSA) is 33.4 Å². The fourth-order valence-electron chi connectivity index (χ4n) is 5.29. The molecule has 0 saturated carbocycles. The highest BCUT2D eigenvalue weighted by Crippen LogP contribution is 2.52. The van der Waals surface area contributed by atoms with Crippen LogP contribution in [0.25, 0.3) is 39.0 Å². The minimum Gasteiger partial charge on any atom is -0.308 e. The number of anilines is 3. The number of para-hydroxylation sites is 5. The number of hydrogen-bond acceptors (Lipinski definition) is 4. The number of aromatic nitrogens is 3. The number of imidazole rings is 1. The fraction of sp³-hybridized carbons (Fsp3) is 0. The van der Waals surface area contributed by atoms with Crippen molar-refractivity contribution in [2.75, 3.05) is 4.90 Å². The Labute approximate surface area is 217 Å². The van der Waals surface area contributed by atoms with Crippen LogP contribution in [0, 0.1) is 0 Å². The SMILES string of the molecule is c1ccc(N2c3ccccc3Sc3cc(-c4nc5ccccc5c5nc6ccccc6n45)ccc32)cc1. The maximum atomic E-state index is 5.17. The molecule has 0 N–H and O–H groups in total. The lowest BCUT2D eigenvalue weighted by Crippen LogP contribution is -2.14. The van der Waals surface area contributed by atoms with Crippen molar-refractivity contribution in [3.63, 3.8) is 0 Å². The van der Waals surface area contributed by atoms with Crippen molar-refractivity contribution in [1.82, 2.24) is 14.4 Å². The maximum Gasteiger partial charge on any atom is 0.149 e. The van der Waals surface area contributed by atoms with Gasteiger partial charge in [0, 0.05) is 26.4 Å². The number of fused-ring (bicyclic) bond motifs is 7. The summed E-state index contributed by atoms with van der Waals surface area (Å²) in [7, 11) is 0. The first kappa shape index (κ1) is 20.6. The van der Waals surface area contributed by atoms with Gasteiger partial charge >= 0.3 is 0 Å². The third-order valence-electron chi connectivity index (χ3n) is 6.94. The van der Waals surface area contributed by atoms with E-state index in [1.165, 1.54) is 21.2 Å². The van der Waals surface area contributed by atoms with Crippen LogP contribution in [0.15, 0.2) is 131 Å². The average Bonchev–Trinajstić information content (AvgIpc) is 3.36. The van der Waals surface area contributed by atoms with Crippen molar-refractivity contribution in [3.8, 4) is 11.4 Å². The second-order valence-corrected chi connectivity index (χ2v) is 10.2. The smallest absolute Gasteiger partial charge is 0.149 e. The molecule has 3 heterocycles. The van der Waals surface area contributed by atoms with Gasteiger partial charge in [0.2, 0.25) is 0 Å². The van der Waals surface area contributed by atoms with Gasteiger partial charge in [0.25, 0.3) is 0 Å². The van der Waals surface area contributed by atoms with Crippen molar-refractivity contribution in [2.24, 2.45) is 0 Å². The van der Waals surface area contributed by atoms with Crippen LogP contribution in [0.2, 0.25) is 0 Å². The van der Waals surface area contributed by atoms with Crippen LogP contribution in [-0.2, 0) is 0 Å². The Bertz CT molecular complexity index is 1980. The second-order valence-electron chi connectivity index (χ2n) is 9.14. The van der Waals surface area contributed by atoms with E-state index in [0.29, 0.717) is 0 Å². The molecule has 4 nitrogen and oxygen atoms in total.